The van der Waals surface area contributed by atoms with Crippen molar-refractivity contribution in [1.29, 1.82) is 0 Å². The first-order chi connectivity index (χ1) is 5.88. The molecule has 1 saturated heterocycles. The van der Waals surface area contributed by atoms with Crippen LogP contribution in [0, 0.1) is 0 Å². The lowest BCUT2D eigenvalue weighted by Crippen LogP contribution is -2.46. The van der Waals surface area contributed by atoms with Crippen LogP contribution in [0.3, 0.4) is 0 Å². The van der Waals surface area contributed by atoms with Crippen LogP contribution < -0.4 is 11.1 Å². The summed E-state index contributed by atoms with van der Waals surface area (Å²) >= 11 is 0. The highest BCUT2D eigenvalue weighted by atomic mass is 15.2. The van der Waals surface area contributed by atoms with Gasteiger partial charge in [-0.1, -0.05) is 0 Å². The minimum absolute atomic E-state index is 0.971. The quantitative estimate of drug-likeness (QED) is 0.406. The van der Waals surface area contributed by atoms with Crippen LogP contribution in [0.25, 0.3) is 0 Å². The van der Waals surface area contributed by atoms with Crippen molar-refractivity contribution in [1.82, 2.24) is 10.2 Å². The summed E-state index contributed by atoms with van der Waals surface area (Å²) < 4.78 is 0. The van der Waals surface area contributed by atoms with Gasteiger partial charge in [0.15, 0.2) is 0 Å². The number of nitrogens with one attached hydrogen (secondary N) is 1. The standard InChI is InChI=1S/C8H16N4/c1-10-8(2-3-9)12-6-4-11-5-7-12/h2-3,11H,4-7,9H2,1H3. The molecule has 0 aromatic heterocycles. The van der Waals surface area contributed by atoms with E-state index in [1.165, 1.54) is 6.20 Å². The number of rotatable bonds is 1. The van der Waals surface area contributed by atoms with Gasteiger partial charge in [-0.2, -0.15) is 0 Å². The lowest BCUT2D eigenvalue weighted by molar-refractivity contribution is 0.358. The maximum atomic E-state index is 5.31. The predicted molar refractivity (Wildman–Crippen MR) is 51.1 cm³/mol. The highest BCUT2D eigenvalue weighted by molar-refractivity contribution is 5.92. The Labute approximate surface area is 73.1 Å². The van der Waals surface area contributed by atoms with Gasteiger partial charge in [-0.3, -0.25) is 4.99 Å². The molecule has 0 atom stereocenters. The highest BCUT2D eigenvalue weighted by Gasteiger charge is 2.10. The van der Waals surface area contributed by atoms with E-state index < -0.39 is 0 Å². The van der Waals surface area contributed by atoms with Crippen molar-refractivity contribution in [3.63, 3.8) is 0 Å². The van der Waals surface area contributed by atoms with E-state index in [1.54, 1.807) is 7.05 Å². The zero-order chi connectivity index (χ0) is 8.81. The first-order valence-corrected chi connectivity index (χ1v) is 4.19. The minimum atomic E-state index is 0.971. The van der Waals surface area contributed by atoms with Crippen molar-refractivity contribution < 1.29 is 0 Å². The van der Waals surface area contributed by atoms with Gasteiger partial charge in [0, 0.05) is 33.2 Å². The molecule has 1 heterocycles. The van der Waals surface area contributed by atoms with Crippen LogP contribution >= 0.6 is 0 Å². The Hall–Kier alpha value is -1.03. The van der Waals surface area contributed by atoms with Gasteiger partial charge < -0.3 is 16.0 Å². The number of amidine groups is 1. The maximum absolute atomic E-state index is 5.31. The zero-order valence-electron chi connectivity index (χ0n) is 7.45. The van der Waals surface area contributed by atoms with Crippen LogP contribution in [0.4, 0.5) is 0 Å². The van der Waals surface area contributed by atoms with Crippen LogP contribution in [-0.2, 0) is 0 Å². The van der Waals surface area contributed by atoms with E-state index in [1.807, 2.05) is 6.08 Å². The number of piperazine rings is 1. The van der Waals surface area contributed by atoms with Crippen molar-refractivity contribution in [2.24, 2.45) is 10.7 Å². The molecule has 1 fully saturated rings. The molecule has 0 amide bonds. The smallest absolute Gasteiger partial charge is 0.124 e. The number of aliphatic imine (C=N–C) groups is 1. The lowest BCUT2D eigenvalue weighted by Gasteiger charge is -2.28. The maximum Gasteiger partial charge on any atom is 0.124 e. The molecule has 0 bridgehead atoms. The Balaban J connectivity index is 2.52. The average molecular weight is 168 g/mol. The molecule has 4 nitrogen and oxygen atoms in total. The van der Waals surface area contributed by atoms with E-state index in [2.05, 4.69) is 15.2 Å². The van der Waals surface area contributed by atoms with E-state index in [9.17, 15) is 0 Å². The molecular formula is C8H16N4. The summed E-state index contributed by atoms with van der Waals surface area (Å²) in [6, 6.07) is 0. The van der Waals surface area contributed by atoms with Crippen LogP contribution in [0.15, 0.2) is 17.3 Å². The minimum Gasteiger partial charge on any atom is -0.404 e. The molecule has 0 aliphatic carbocycles. The Morgan fingerprint density at radius 1 is 1.50 bits per heavy atom. The van der Waals surface area contributed by atoms with Crippen LogP contribution in [-0.4, -0.2) is 44.0 Å². The lowest BCUT2D eigenvalue weighted by atomic mass is 10.3. The number of nitrogens with two attached hydrogens (primary N) is 1. The Morgan fingerprint density at radius 3 is 2.67 bits per heavy atom. The third-order valence-electron chi connectivity index (χ3n) is 1.92. The number of nitrogens with zero attached hydrogens (tertiary/aromatic N) is 2. The molecular weight excluding hydrogens is 152 g/mol. The molecule has 68 valence electrons. The monoisotopic (exact) mass is 168 g/mol. The fourth-order valence-corrected chi connectivity index (χ4v) is 1.30. The third-order valence-corrected chi connectivity index (χ3v) is 1.92. The Morgan fingerprint density at radius 2 is 2.17 bits per heavy atom. The second kappa shape index (κ2) is 4.77. The van der Waals surface area contributed by atoms with Crippen LogP contribution in [0.2, 0.25) is 0 Å². The van der Waals surface area contributed by atoms with Gasteiger partial charge in [0.05, 0.1) is 0 Å². The van der Waals surface area contributed by atoms with E-state index in [0.29, 0.717) is 0 Å². The first kappa shape index (κ1) is 9.06. The summed E-state index contributed by atoms with van der Waals surface area (Å²) in [5, 5.41) is 3.28. The third kappa shape index (κ3) is 2.23. The Bertz CT molecular complexity index is 179. The molecule has 1 aliphatic rings. The summed E-state index contributed by atoms with van der Waals surface area (Å²) in [5.41, 5.74) is 5.31. The summed E-state index contributed by atoms with van der Waals surface area (Å²) in [5.74, 6) is 0.971. The van der Waals surface area contributed by atoms with Gasteiger partial charge in [-0.05, 0) is 12.3 Å². The van der Waals surface area contributed by atoms with Crippen molar-refractivity contribution in [3.05, 3.63) is 12.3 Å². The van der Waals surface area contributed by atoms with Gasteiger partial charge in [-0.15, -0.1) is 0 Å². The van der Waals surface area contributed by atoms with Gasteiger partial charge >= 0.3 is 0 Å². The van der Waals surface area contributed by atoms with Gasteiger partial charge in [0.1, 0.15) is 5.84 Å². The molecule has 0 radical (unpaired) electrons. The molecule has 0 unspecified atom stereocenters. The fourth-order valence-electron chi connectivity index (χ4n) is 1.30. The first-order valence-electron chi connectivity index (χ1n) is 4.19. The van der Waals surface area contributed by atoms with E-state index in [0.717, 1.165) is 32.0 Å². The molecule has 0 aromatic carbocycles. The molecule has 3 N–H and O–H groups in total. The molecule has 0 saturated carbocycles. The Kier molecular flexibility index (Phi) is 3.60. The van der Waals surface area contributed by atoms with Crippen molar-refractivity contribution in [3.8, 4) is 0 Å². The van der Waals surface area contributed by atoms with E-state index in [-0.39, 0.29) is 0 Å². The largest absolute Gasteiger partial charge is 0.404 e. The number of hydrogen-bond acceptors (Lipinski definition) is 3. The normalized spacial score (nSPS) is 20.4. The van der Waals surface area contributed by atoms with Crippen molar-refractivity contribution in [2.75, 3.05) is 33.2 Å². The molecule has 1 aliphatic heterocycles. The average Bonchev–Trinajstić information content (AvgIpc) is 2.15. The molecule has 4 heteroatoms. The van der Waals surface area contributed by atoms with E-state index >= 15 is 0 Å². The predicted octanol–water partition coefficient (Wildman–Crippen LogP) is -0.608. The van der Waals surface area contributed by atoms with Gasteiger partial charge in [0.25, 0.3) is 0 Å². The van der Waals surface area contributed by atoms with Gasteiger partial charge in [-0.25, -0.2) is 0 Å². The van der Waals surface area contributed by atoms with Crippen LogP contribution in [0.1, 0.15) is 0 Å². The second-order valence-corrected chi connectivity index (χ2v) is 2.68. The molecule has 0 spiro atoms. The zero-order valence-corrected chi connectivity index (χ0v) is 7.45. The summed E-state index contributed by atoms with van der Waals surface area (Å²) in [6.07, 6.45) is 3.37. The fraction of sp³-hybridized carbons (Fsp3) is 0.625. The van der Waals surface area contributed by atoms with Crippen molar-refractivity contribution in [2.45, 2.75) is 0 Å². The number of hydrogen-bond donors (Lipinski definition) is 2. The highest BCUT2D eigenvalue weighted by Crippen LogP contribution is 1.95. The van der Waals surface area contributed by atoms with Gasteiger partial charge in [0.2, 0.25) is 0 Å². The topological polar surface area (TPSA) is 53.6 Å². The summed E-state index contributed by atoms with van der Waals surface area (Å²) in [6.45, 7) is 4.07. The van der Waals surface area contributed by atoms with Crippen molar-refractivity contribution >= 4 is 5.84 Å². The second-order valence-electron chi connectivity index (χ2n) is 2.68. The summed E-state index contributed by atoms with van der Waals surface area (Å²) in [7, 11) is 1.79. The van der Waals surface area contributed by atoms with E-state index in [4.69, 9.17) is 5.73 Å². The molecule has 12 heavy (non-hydrogen) atoms. The molecule has 0 aromatic rings. The SMILES string of the molecule is CN=C(C=CN)N1CCNCC1. The van der Waals surface area contributed by atoms with Crippen LogP contribution in [0.5, 0.6) is 0 Å². The summed E-state index contributed by atoms with van der Waals surface area (Å²) in [4.78, 5) is 6.37. The molecule has 1 rings (SSSR count).